The first kappa shape index (κ1) is 15.3. The van der Waals surface area contributed by atoms with Gasteiger partial charge in [0.1, 0.15) is 0 Å². The van der Waals surface area contributed by atoms with Gasteiger partial charge in [-0.1, -0.05) is 0 Å². The van der Waals surface area contributed by atoms with Crippen LogP contribution in [0.25, 0.3) is 0 Å². The van der Waals surface area contributed by atoms with E-state index in [1.807, 2.05) is 0 Å². The predicted molar refractivity (Wildman–Crippen MR) is 53.3 cm³/mol. The molecule has 0 heterocycles. The molecule has 0 aliphatic heterocycles. The van der Waals surface area contributed by atoms with E-state index in [0.29, 0.717) is 5.56 Å². The molecule has 0 bridgehead atoms. The second-order valence-corrected chi connectivity index (χ2v) is 4.18. The molecule has 0 N–H and O–H groups in total. The standard InChI is InChI=1S/C9H9ClO3S.Na/c1-5-3-7(9(10)11)4-8(6(5)2)14(12)13;/h3-4H,1-2H3,(H,12,13);/q;+1/p-1. The smallest absolute Gasteiger partial charge is 0.768 e. The Morgan fingerprint density at radius 3 is 2.33 bits per heavy atom. The maximum absolute atomic E-state index is 10.8. The average molecular weight is 255 g/mol. The van der Waals surface area contributed by atoms with Gasteiger partial charge in [-0.15, -0.1) is 0 Å². The normalized spacial score (nSPS) is 11.7. The number of hydrogen-bond donors (Lipinski definition) is 0. The Balaban J connectivity index is 0.00000196. The third kappa shape index (κ3) is 3.66. The Hall–Kier alpha value is 0.290. The van der Waals surface area contributed by atoms with Crippen LogP contribution >= 0.6 is 11.6 Å². The molecule has 1 aromatic carbocycles. The molecule has 0 radical (unpaired) electrons. The predicted octanol–water partition coefficient (Wildman–Crippen LogP) is -1.08. The fourth-order valence-corrected chi connectivity index (χ4v) is 1.86. The second kappa shape index (κ2) is 6.13. The number of carbonyl (C=O) groups is 1. The van der Waals surface area contributed by atoms with Gasteiger partial charge in [0.15, 0.2) is 0 Å². The molecule has 1 atom stereocenters. The molecule has 15 heavy (non-hydrogen) atoms. The molecule has 0 saturated carbocycles. The summed E-state index contributed by atoms with van der Waals surface area (Å²) in [6.07, 6.45) is 0. The van der Waals surface area contributed by atoms with E-state index in [2.05, 4.69) is 0 Å². The van der Waals surface area contributed by atoms with Crippen LogP contribution in [0, 0.1) is 13.8 Å². The minimum atomic E-state index is -2.34. The van der Waals surface area contributed by atoms with Gasteiger partial charge in [-0.05, 0) is 59.8 Å². The summed E-state index contributed by atoms with van der Waals surface area (Å²) in [5, 5.41) is -0.653. The van der Waals surface area contributed by atoms with Gasteiger partial charge in [0, 0.05) is 10.5 Å². The molecule has 1 rings (SSSR count). The second-order valence-electron chi connectivity index (χ2n) is 2.92. The fourth-order valence-electron chi connectivity index (χ4n) is 1.11. The summed E-state index contributed by atoms with van der Waals surface area (Å²) in [4.78, 5) is 11.0. The zero-order chi connectivity index (χ0) is 10.9. The zero-order valence-corrected chi connectivity index (χ0v) is 12.2. The van der Waals surface area contributed by atoms with Crippen molar-refractivity contribution in [3.05, 3.63) is 28.8 Å². The van der Waals surface area contributed by atoms with Crippen LogP contribution in [0.5, 0.6) is 0 Å². The quantitative estimate of drug-likeness (QED) is 0.383. The Bertz CT molecular complexity index is 420. The molecule has 76 valence electrons. The maximum atomic E-state index is 10.8. The molecular formula is C9H8ClNaO3S. The molecule has 1 aromatic rings. The Morgan fingerprint density at radius 2 is 1.93 bits per heavy atom. The summed E-state index contributed by atoms with van der Waals surface area (Å²) in [7, 11) is 0. The molecule has 3 nitrogen and oxygen atoms in total. The summed E-state index contributed by atoms with van der Waals surface area (Å²) in [6, 6.07) is 2.85. The first-order valence-corrected chi connectivity index (χ1v) is 5.29. The third-order valence-electron chi connectivity index (χ3n) is 2.03. The van der Waals surface area contributed by atoms with Gasteiger partial charge < -0.3 is 4.55 Å². The average Bonchev–Trinajstić information content (AvgIpc) is 2.08. The van der Waals surface area contributed by atoms with Crippen molar-refractivity contribution < 1.29 is 43.1 Å². The van der Waals surface area contributed by atoms with E-state index in [1.165, 1.54) is 6.07 Å². The molecule has 6 heteroatoms. The van der Waals surface area contributed by atoms with E-state index in [-0.39, 0.29) is 40.0 Å². The van der Waals surface area contributed by atoms with Crippen molar-refractivity contribution in [1.29, 1.82) is 0 Å². The first-order valence-electron chi connectivity index (χ1n) is 3.84. The van der Waals surface area contributed by atoms with Gasteiger partial charge in [-0.3, -0.25) is 9.00 Å². The van der Waals surface area contributed by atoms with Crippen molar-refractivity contribution in [1.82, 2.24) is 0 Å². The van der Waals surface area contributed by atoms with Crippen LogP contribution < -0.4 is 29.6 Å². The number of carbonyl (C=O) groups excluding carboxylic acids is 1. The summed E-state index contributed by atoms with van der Waals surface area (Å²) in [6.45, 7) is 3.41. The van der Waals surface area contributed by atoms with Crippen molar-refractivity contribution in [3.63, 3.8) is 0 Å². The van der Waals surface area contributed by atoms with Gasteiger partial charge >= 0.3 is 29.6 Å². The number of aryl methyl sites for hydroxylation is 1. The molecule has 0 aliphatic carbocycles. The van der Waals surface area contributed by atoms with Crippen LogP contribution in [-0.4, -0.2) is 14.0 Å². The summed E-state index contributed by atoms with van der Waals surface area (Å²) >= 11 is 2.93. The molecule has 0 amide bonds. The Morgan fingerprint density at radius 1 is 1.40 bits per heavy atom. The van der Waals surface area contributed by atoms with Crippen molar-refractivity contribution in [2.45, 2.75) is 18.7 Å². The van der Waals surface area contributed by atoms with Crippen LogP contribution in [0.2, 0.25) is 0 Å². The van der Waals surface area contributed by atoms with Gasteiger partial charge in [0.05, 0.1) is 0 Å². The summed E-state index contributed by atoms with van der Waals surface area (Å²) in [5.74, 6) is 0. The zero-order valence-electron chi connectivity index (χ0n) is 8.67. The van der Waals surface area contributed by atoms with Gasteiger partial charge in [-0.2, -0.15) is 0 Å². The molecule has 0 aromatic heterocycles. The van der Waals surface area contributed by atoms with Crippen molar-refractivity contribution in [3.8, 4) is 0 Å². The SMILES string of the molecule is Cc1cc(C(=O)Cl)cc(S(=O)[O-])c1C.[Na+]. The van der Waals surface area contributed by atoms with Crippen molar-refractivity contribution in [2.75, 3.05) is 0 Å². The van der Waals surface area contributed by atoms with Crippen LogP contribution in [0.4, 0.5) is 0 Å². The van der Waals surface area contributed by atoms with E-state index in [4.69, 9.17) is 11.6 Å². The first-order chi connectivity index (χ1) is 6.43. The molecule has 0 fully saturated rings. The van der Waals surface area contributed by atoms with E-state index >= 15 is 0 Å². The molecule has 0 aliphatic rings. The van der Waals surface area contributed by atoms with Crippen LogP contribution in [0.1, 0.15) is 21.5 Å². The van der Waals surface area contributed by atoms with E-state index in [1.54, 1.807) is 19.9 Å². The van der Waals surface area contributed by atoms with Crippen molar-refractivity contribution >= 4 is 27.9 Å². The number of halogens is 1. The molecule has 1 unspecified atom stereocenters. The molecule has 0 spiro atoms. The van der Waals surface area contributed by atoms with Crippen LogP contribution in [-0.2, 0) is 11.1 Å². The summed E-state index contributed by atoms with van der Waals surface area (Å²) in [5.41, 5.74) is 1.57. The van der Waals surface area contributed by atoms with Gasteiger partial charge in [0.2, 0.25) is 0 Å². The molecule has 0 saturated heterocycles. The largest absolute Gasteiger partial charge is 1.00 e. The monoisotopic (exact) mass is 254 g/mol. The van der Waals surface area contributed by atoms with Crippen molar-refractivity contribution in [2.24, 2.45) is 0 Å². The third-order valence-corrected chi connectivity index (χ3v) is 3.03. The van der Waals surface area contributed by atoms with Gasteiger partial charge in [-0.25, -0.2) is 0 Å². The summed E-state index contributed by atoms with van der Waals surface area (Å²) < 4.78 is 21.6. The fraction of sp³-hybridized carbons (Fsp3) is 0.222. The van der Waals surface area contributed by atoms with E-state index in [0.717, 1.165) is 5.56 Å². The van der Waals surface area contributed by atoms with Crippen LogP contribution in [0.3, 0.4) is 0 Å². The topological polar surface area (TPSA) is 57.2 Å². The maximum Gasteiger partial charge on any atom is 1.00 e. The van der Waals surface area contributed by atoms with E-state index < -0.39 is 16.3 Å². The number of rotatable bonds is 2. The Labute approximate surface area is 118 Å². The van der Waals surface area contributed by atoms with Gasteiger partial charge in [0.25, 0.3) is 5.24 Å². The Kier molecular flexibility index (Phi) is 6.25. The molecular weight excluding hydrogens is 247 g/mol. The minimum absolute atomic E-state index is 0. The number of benzene rings is 1. The number of hydrogen-bond acceptors (Lipinski definition) is 3. The minimum Gasteiger partial charge on any atom is -0.768 e. The van der Waals surface area contributed by atoms with E-state index in [9.17, 15) is 13.6 Å². The van der Waals surface area contributed by atoms with Crippen LogP contribution in [0.15, 0.2) is 17.0 Å².